The lowest BCUT2D eigenvalue weighted by atomic mass is 10.0. The van der Waals surface area contributed by atoms with E-state index in [-0.39, 0.29) is 5.91 Å². The molecule has 0 spiro atoms. The van der Waals surface area contributed by atoms with Crippen LogP contribution in [0.25, 0.3) is 0 Å². The van der Waals surface area contributed by atoms with Crippen molar-refractivity contribution in [2.45, 2.75) is 52.9 Å². The van der Waals surface area contributed by atoms with Crippen molar-refractivity contribution in [1.82, 2.24) is 4.90 Å². The van der Waals surface area contributed by atoms with E-state index in [2.05, 4.69) is 13.8 Å². The Hall–Kier alpha value is -0.530. The van der Waals surface area contributed by atoms with E-state index < -0.39 is 0 Å². The number of nitrogens with zero attached hydrogens (tertiary/aromatic N) is 1. The predicted octanol–water partition coefficient (Wildman–Crippen LogP) is 3.07. The summed E-state index contributed by atoms with van der Waals surface area (Å²) < 4.78 is 0. The van der Waals surface area contributed by atoms with Crippen molar-refractivity contribution >= 4 is 5.91 Å². The van der Waals surface area contributed by atoms with E-state index >= 15 is 0 Å². The van der Waals surface area contributed by atoms with E-state index in [0.717, 1.165) is 6.54 Å². The highest BCUT2D eigenvalue weighted by molar-refractivity contribution is 5.72. The summed E-state index contributed by atoms with van der Waals surface area (Å²) in [4.78, 5) is 12.8. The van der Waals surface area contributed by atoms with Gasteiger partial charge in [-0.05, 0) is 12.3 Å². The van der Waals surface area contributed by atoms with E-state index in [1.54, 1.807) is 6.92 Å². The number of hydrogen-bond acceptors (Lipinski definition) is 1. The van der Waals surface area contributed by atoms with Gasteiger partial charge in [0.25, 0.3) is 0 Å². The Morgan fingerprint density at radius 3 is 2.43 bits per heavy atom. The first-order valence-corrected chi connectivity index (χ1v) is 5.79. The maximum Gasteiger partial charge on any atom is 0.219 e. The van der Waals surface area contributed by atoms with Crippen LogP contribution in [0.4, 0.5) is 0 Å². The number of unbranched alkanes of at least 4 members (excludes halogenated alkanes) is 3. The van der Waals surface area contributed by atoms with Crippen molar-refractivity contribution in [2.75, 3.05) is 13.6 Å². The van der Waals surface area contributed by atoms with Gasteiger partial charge < -0.3 is 4.90 Å². The Bertz CT molecular complexity index is 156. The predicted molar refractivity (Wildman–Crippen MR) is 61.2 cm³/mol. The molecule has 0 N–H and O–H groups in total. The number of amides is 1. The third kappa shape index (κ3) is 6.93. The Labute approximate surface area is 88.7 Å². The van der Waals surface area contributed by atoms with Gasteiger partial charge in [-0.1, -0.05) is 39.5 Å². The molecule has 2 nitrogen and oxygen atoms in total. The third-order valence-electron chi connectivity index (χ3n) is 2.67. The first kappa shape index (κ1) is 13.5. The standard InChI is InChI=1S/C12H25NO/c1-5-6-7-8-9-11(2)10-13(4)12(3)14/h11H,5-10H2,1-4H3. The molecule has 0 bridgehead atoms. The fraction of sp³-hybridized carbons (Fsp3) is 0.917. The SMILES string of the molecule is CCCCCCC(C)CN(C)C(C)=O. The van der Waals surface area contributed by atoms with Gasteiger partial charge in [0.1, 0.15) is 0 Å². The van der Waals surface area contributed by atoms with Crippen LogP contribution in [0.1, 0.15) is 52.9 Å². The molecular formula is C12H25NO. The maximum absolute atomic E-state index is 11.0. The van der Waals surface area contributed by atoms with Crippen LogP contribution in [-0.4, -0.2) is 24.4 Å². The third-order valence-corrected chi connectivity index (χ3v) is 2.67. The summed E-state index contributed by atoms with van der Waals surface area (Å²) in [7, 11) is 1.88. The van der Waals surface area contributed by atoms with Crippen LogP contribution in [0.15, 0.2) is 0 Å². The van der Waals surface area contributed by atoms with Crippen molar-refractivity contribution in [3.63, 3.8) is 0 Å². The van der Waals surface area contributed by atoms with Crippen LogP contribution in [0.3, 0.4) is 0 Å². The molecule has 0 aromatic carbocycles. The van der Waals surface area contributed by atoms with Gasteiger partial charge in [0.15, 0.2) is 0 Å². The molecule has 0 aliphatic heterocycles. The quantitative estimate of drug-likeness (QED) is 0.577. The second-order valence-electron chi connectivity index (χ2n) is 4.35. The van der Waals surface area contributed by atoms with Gasteiger partial charge in [0.2, 0.25) is 5.91 Å². The average molecular weight is 199 g/mol. The first-order chi connectivity index (χ1) is 6.57. The zero-order valence-corrected chi connectivity index (χ0v) is 10.2. The monoisotopic (exact) mass is 199 g/mol. The van der Waals surface area contributed by atoms with Gasteiger partial charge in [-0.25, -0.2) is 0 Å². The van der Waals surface area contributed by atoms with E-state index in [1.807, 2.05) is 11.9 Å². The smallest absolute Gasteiger partial charge is 0.219 e. The second kappa shape index (κ2) is 7.84. The topological polar surface area (TPSA) is 20.3 Å². The number of carbonyl (C=O) groups excluding carboxylic acids is 1. The molecule has 0 aliphatic carbocycles. The minimum absolute atomic E-state index is 0.172. The van der Waals surface area contributed by atoms with Gasteiger partial charge in [-0.2, -0.15) is 0 Å². The van der Waals surface area contributed by atoms with Gasteiger partial charge in [-0.3, -0.25) is 4.79 Å². The molecular weight excluding hydrogens is 174 g/mol. The summed E-state index contributed by atoms with van der Waals surface area (Å²) in [5.41, 5.74) is 0. The number of rotatable bonds is 7. The fourth-order valence-electron chi connectivity index (χ4n) is 1.61. The molecule has 0 aromatic rings. The summed E-state index contributed by atoms with van der Waals surface area (Å²) >= 11 is 0. The molecule has 0 radical (unpaired) electrons. The molecule has 0 fully saturated rings. The fourth-order valence-corrected chi connectivity index (χ4v) is 1.61. The van der Waals surface area contributed by atoms with E-state index in [4.69, 9.17) is 0 Å². The van der Waals surface area contributed by atoms with Crippen molar-refractivity contribution in [1.29, 1.82) is 0 Å². The molecule has 0 saturated heterocycles. The molecule has 84 valence electrons. The molecule has 0 heterocycles. The van der Waals surface area contributed by atoms with E-state index in [1.165, 1.54) is 32.1 Å². The minimum Gasteiger partial charge on any atom is -0.346 e. The number of hydrogen-bond donors (Lipinski definition) is 0. The second-order valence-corrected chi connectivity index (χ2v) is 4.35. The van der Waals surface area contributed by atoms with Crippen LogP contribution in [0.5, 0.6) is 0 Å². The maximum atomic E-state index is 11.0. The summed E-state index contributed by atoms with van der Waals surface area (Å²) in [5.74, 6) is 0.811. The molecule has 14 heavy (non-hydrogen) atoms. The molecule has 0 aliphatic rings. The van der Waals surface area contributed by atoms with Crippen LogP contribution in [0.2, 0.25) is 0 Å². The zero-order valence-electron chi connectivity index (χ0n) is 10.2. The Morgan fingerprint density at radius 1 is 1.29 bits per heavy atom. The van der Waals surface area contributed by atoms with Crippen molar-refractivity contribution < 1.29 is 4.79 Å². The Kier molecular flexibility index (Phi) is 7.54. The van der Waals surface area contributed by atoms with Crippen LogP contribution in [-0.2, 0) is 4.79 Å². The first-order valence-electron chi connectivity index (χ1n) is 5.79. The molecule has 2 heteroatoms. The highest BCUT2D eigenvalue weighted by Gasteiger charge is 2.07. The Balaban J connectivity index is 3.45. The molecule has 0 rings (SSSR count). The summed E-state index contributed by atoms with van der Waals surface area (Å²) in [6, 6.07) is 0. The summed E-state index contributed by atoms with van der Waals surface area (Å²) in [5, 5.41) is 0. The molecule has 0 saturated carbocycles. The molecule has 0 aromatic heterocycles. The normalized spacial score (nSPS) is 12.6. The highest BCUT2D eigenvalue weighted by Crippen LogP contribution is 2.11. The van der Waals surface area contributed by atoms with E-state index in [9.17, 15) is 4.79 Å². The molecule has 1 atom stereocenters. The lowest BCUT2D eigenvalue weighted by Gasteiger charge is -2.19. The van der Waals surface area contributed by atoms with Gasteiger partial charge in [0.05, 0.1) is 0 Å². The van der Waals surface area contributed by atoms with Gasteiger partial charge in [0, 0.05) is 20.5 Å². The van der Waals surface area contributed by atoms with Crippen molar-refractivity contribution in [3.8, 4) is 0 Å². The minimum atomic E-state index is 0.172. The number of carbonyl (C=O) groups is 1. The lowest BCUT2D eigenvalue weighted by molar-refractivity contribution is -0.128. The van der Waals surface area contributed by atoms with Crippen LogP contribution >= 0.6 is 0 Å². The van der Waals surface area contributed by atoms with Crippen molar-refractivity contribution in [2.24, 2.45) is 5.92 Å². The molecule has 1 unspecified atom stereocenters. The Morgan fingerprint density at radius 2 is 1.93 bits per heavy atom. The summed E-state index contributed by atoms with van der Waals surface area (Å²) in [6.07, 6.45) is 6.53. The van der Waals surface area contributed by atoms with Gasteiger partial charge >= 0.3 is 0 Å². The lowest BCUT2D eigenvalue weighted by Crippen LogP contribution is -2.28. The molecule has 1 amide bonds. The summed E-state index contributed by atoms with van der Waals surface area (Å²) in [6.45, 7) is 6.99. The van der Waals surface area contributed by atoms with Crippen LogP contribution in [0, 0.1) is 5.92 Å². The highest BCUT2D eigenvalue weighted by atomic mass is 16.2. The van der Waals surface area contributed by atoms with Crippen molar-refractivity contribution in [3.05, 3.63) is 0 Å². The largest absolute Gasteiger partial charge is 0.346 e. The van der Waals surface area contributed by atoms with E-state index in [0.29, 0.717) is 5.92 Å². The van der Waals surface area contributed by atoms with Crippen LogP contribution < -0.4 is 0 Å². The average Bonchev–Trinajstić information content (AvgIpc) is 2.12. The zero-order chi connectivity index (χ0) is 11.0. The van der Waals surface area contributed by atoms with Gasteiger partial charge in [-0.15, -0.1) is 0 Å².